The van der Waals surface area contributed by atoms with Crippen molar-refractivity contribution >= 4 is 15.9 Å². The van der Waals surface area contributed by atoms with Crippen molar-refractivity contribution in [2.24, 2.45) is 0 Å². The molecule has 0 aliphatic rings. The number of unbranched alkanes of at least 4 members (excludes halogenated alkanes) is 6. The summed E-state index contributed by atoms with van der Waals surface area (Å²) in [7, 11) is 0. The molecule has 0 saturated heterocycles. The fourth-order valence-corrected chi connectivity index (χ4v) is 2.55. The van der Waals surface area contributed by atoms with Crippen LogP contribution in [-0.2, 0) is 6.54 Å². The minimum Gasteiger partial charge on any atom is -0.313 e. The molecule has 0 spiro atoms. The predicted octanol–water partition coefficient (Wildman–Crippen LogP) is 4.28. The maximum atomic E-state index is 11.6. The van der Waals surface area contributed by atoms with Gasteiger partial charge in [-0.3, -0.25) is 4.79 Å². The molecule has 0 atom stereocenters. The molecular formula is C15H24BrNO. The van der Waals surface area contributed by atoms with E-state index in [1.165, 1.54) is 38.5 Å². The van der Waals surface area contributed by atoms with Gasteiger partial charge in [0.05, 0.1) is 0 Å². The molecular weight excluding hydrogens is 290 g/mol. The van der Waals surface area contributed by atoms with E-state index in [9.17, 15) is 4.79 Å². The highest BCUT2D eigenvalue weighted by molar-refractivity contribution is 9.09. The second-order valence-corrected chi connectivity index (χ2v) is 5.61. The summed E-state index contributed by atoms with van der Waals surface area (Å²) in [5, 5.41) is 1.13. The Morgan fingerprint density at radius 2 is 1.61 bits per heavy atom. The number of hydrogen-bond donors (Lipinski definition) is 0. The van der Waals surface area contributed by atoms with Gasteiger partial charge in [0.15, 0.2) is 0 Å². The maximum absolute atomic E-state index is 11.6. The Hall–Kier alpha value is -0.570. The lowest BCUT2D eigenvalue weighted by atomic mass is 10.1. The first-order valence-electron chi connectivity index (χ1n) is 6.98. The third kappa shape index (κ3) is 5.85. The van der Waals surface area contributed by atoms with E-state index in [2.05, 4.69) is 15.9 Å². The van der Waals surface area contributed by atoms with Crippen LogP contribution in [0.5, 0.6) is 0 Å². The fraction of sp³-hybridized carbons (Fsp3) is 0.667. The Morgan fingerprint density at radius 1 is 1.00 bits per heavy atom. The molecule has 0 aromatic carbocycles. The van der Waals surface area contributed by atoms with Gasteiger partial charge in [-0.15, -0.1) is 0 Å². The summed E-state index contributed by atoms with van der Waals surface area (Å²) in [6.45, 7) is 2.87. The van der Waals surface area contributed by atoms with Crippen LogP contribution in [0.2, 0.25) is 0 Å². The number of aryl methyl sites for hydroxylation is 1. The van der Waals surface area contributed by atoms with Gasteiger partial charge in [0.1, 0.15) is 0 Å². The Labute approximate surface area is 119 Å². The molecule has 3 heteroatoms. The highest BCUT2D eigenvalue weighted by Crippen LogP contribution is 2.09. The first kappa shape index (κ1) is 15.5. The summed E-state index contributed by atoms with van der Waals surface area (Å²) >= 11 is 3.45. The minimum absolute atomic E-state index is 0.132. The second-order valence-electron chi connectivity index (χ2n) is 4.82. The van der Waals surface area contributed by atoms with Gasteiger partial charge in [0.25, 0.3) is 5.56 Å². The van der Waals surface area contributed by atoms with Crippen molar-refractivity contribution in [3.63, 3.8) is 0 Å². The molecule has 0 bridgehead atoms. The fourth-order valence-electron chi connectivity index (χ4n) is 2.16. The van der Waals surface area contributed by atoms with Crippen molar-refractivity contribution in [2.45, 2.75) is 58.4 Å². The van der Waals surface area contributed by atoms with Crippen LogP contribution in [0, 0.1) is 6.92 Å². The monoisotopic (exact) mass is 313 g/mol. The van der Waals surface area contributed by atoms with Crippen LogP contribution in [0.1, 0.15) is 50.6 Å². The maximum Gasteiger partial charge on any atom is 0.250 e. The zero-order valence-corrected chi connectivity index (χ0v) is 12.9. The predicted molar refractivity (Wildman–Crippen MR) is 81.6 cm³/mol. The minimum atomic E-state index is 0.132. The normalized spacial score (nSPS) is 10.8. The van der Waals surface area contributed by atoms with Gasteiger partial charge >= 0.3 is 0 Å². The number of rotatable bonds is 9. The zero-order chi connectivity index (χ0) is 13.2. The van der Waals surface area contributed by atoms with Crippen molar-refractivity contribution in [3.8, 4) is 0 Å². The van der Waals surface area contributed by atoms with Crippen molar-refractivity contribution in [2.75, 3.05) is 5.33 Å². The highest BCUT2D eigenvalue weighted by Gasteiger charge is 1.98. The molecule has 0 aliphatic carbocycles. The van der Waals surface area contributed by atoms with Crippen LogP contribution in [0.15, 0.2) is 23.0 Å². The summed E-state index contributed by atoms with van der Waals surface area (Å²) in [4.78, 5) is 11.6. The average molecular weight is 314 g/mol. The van der Waals surface area contributed by atoms with E-state index < -0.39 is 0 Å². The van der Waals surface area contributed by atoms with Gasteiger partial charge in [0, 0.05) is 23.6 Å². The third-order valence-electron chi connectivity index (χ3n) is 3.28. The van der Waals surface area contributed by atoms with Crippen molar-refractivity contribution in [1.29, 1.82) is 0 Å². The van der Waals surface area contributed by atoms with Gasteiger partial charge in [-0.05, 0) is 25.8 Å². The van der Waals surface area contributed by atoms with E-state index in [1.54, 1.807) is 6.07 Å². The van der Waals surface area contributed by atoms with Crippen LogP contribution >= 0.6 is 15.9 Å². The summed E-state index contributed by atoms with van der Waals surface area (Å²) in [5.74, 6) is 0. The van der Waals surface area contributed by atoms with Crippen molar-refractivity contribution < 1.29 is 0 Å². The molecule has 0 saturated carbocycles. The summed E-state index contributed by atoms with van der Waals surface area (Å²) < 4.78 is 1.88. The number of aromatic nitrogens is 1. The molecule has 0 aliphatic heterocycles. The first-order chi connectivity index (χ1) is 8.75. The lowest BCUT2D eigenvalue weighted by molar-refractivity contribution is 0.537. The van der Waals surface area contributed by atoms with Gasteiger partial charge in [-0.2, -0.15) is 0 Å². The molecule has 0 fully saturated rings. The third-order valence-corrected chi connectivity index (χ3v) is 3.84. The second kappa shape index (κ2) is 9.37. The SMILES string of the molecule is Cc1cccc(=O)n1CCCCCCCCCBr. The van der Waals surface area contributed by atoms with Crippen LogP contribution in [0.25, 0.3) is 0 Å². The van der Waals surface area contributed by atoms with Gasteiger partial charge < -0.3 is 4.57 Å². The molecule has 18 heavy (non-hydrogen) atoms. The van der Waals surface area contributed by atoms with E-state index >= 15 is 0 Å². The Kier molecular flexibility index (Phi) is 8.06. The van der Waals surface area contributed by atoms with E-state index in [-0.39, 0.29) is 5.56 Å². The molecule has 1 aromatic rings. The summed E-state index contributed by atoms with van der Waals surface area (Å²) in [5.41, 5.74) is 1.20. The van der Waals surface area contributed by atoms with E-state index in [1.807, 2.05) is 23.6 Å². The zero-order valence-electron chi connectivity index (χ0n) is 11.3. The summed E-state index contributed by atoms with van der Waals surface area (Å²) in [6, 6.07) is 5.48. The highest BCUT2D eigenvalue weighted by atomic mass is 79.9. The Bertz CT molecular complexity index is 386. The molecule has 102 valence electrons. The molecule has 1 heterocycles. The number of alkyl halides is 1. The Balaban J connectivity index is 2.13. The van der Waals surface area contributed by atoms with Crippen molar-refractivity contribution in [1.82, 2.24) is 4.57 Å². The molecule has 1 aromatic heterocycles. The lowest BCUT2D eigenvalue weighted by Crippen LogP contribution is -2.20. The lowest BCUT2D eigenvalue weighted by Gasteiger charge is -2.08. The number of hydrogen-bond acceptors (Lipinski definition) is 1. The first-order valence-corrected chi connectivity index (χ1v) is 8.10. The number of pyridine rings is 1. The van der Waals surface area contributed by atoms with E-state index in [0.29, 0.717) is 0 Å². The van der Waals surface area contributed by atoms with E-state index in [0.717, 1.165) is 24.0 Å². The number of halogens is 1. The smallest absolute Gasteiger partial charge is 0.250 e. The molecule has 0 unspecified atom stereocenters. The molecule has 0 N–H and O–H groups in total. The topological polar surface area (TPSA) is 22.0 Å². The van der Waals surface area contributed by atoms with Crippen LogP contribution < -0.4 is 5.56 Å². The molecule has 0 amide bonds. The van der Waals surface area contributed by atoms with Crippen LogP contribution in [-0.4, -0.2) is 9.90 Å². The largest absolute Gasteiger partial charge is 0.313 e. The average Bonchev–Trinajstić information content (AvgIpc) is 2.35. The standard InChI is InChI=1S/C15H24BrNO/c1-14-10-9-11-15(18)17(14)13-8-6-4-2-3-5-7-12-16/h9-11H,2-8,12-13H2,1H3. The van der Waals surface area contributed by atoms with Crippen molar-refractivity contribution in [3.05, 3.63) is 34.2 Å². The molecule has 2 nitrogen and oxygen atoms in total. The summed E-state index contributed by atoms with van der Waals surface area (Å²) in [6.07, 6.45) is 8.94. The molecule has 1 rings (SSSR count). The van der Waals surface area contributed by atoms with Gasteiger partial charge in [-0.25, -0.2) is 0 Å². The Morgan fingerprint density at radius 3 is 2.22 bits per heavy atom. The van der Waals surface area contributed by atoms with Crippen LogP contribution in [0.4, 0.5) is 0 Å². The van der Waals surface area contributed by atoms with Gasteiger partial charge in [0.2, 0.25) is 0 Å². The van der Waals surface area contributed by atoms with Gasteiger partial charge in [-0.1, -0.05) is 54.1 Å². The molecule has 0 radical (unpaired) electrons. The van der Waals surface area contributed by atoms with E-state index in [4.69, 9.17) is 0 Å². The quantitative estimate of drug-likeness (QED) is 0.492. The number of nitrogens with zero attached hydrogens (tertiary/aromatic N) is 1. The van der Waals surface area contributed by atoms with Crippen LogP contribution in [0.3, 0.4) is 0 Å².